The molecule has 0 radical (unpaired) electrons. The highest BCUT2D eigenvalue weighted by molar-refractivity contribution is 5.11. The highest BCUT2D eigenvalue weighted by Gasteiger charge is 2.37. The van der Waals surface area contributed by atoms with Crippen molar-refractivity contribution in [1.29, 1.82) is 0 Å². The minimum absolute atomic E-state index is 0.0885. The topological polar surface area (TPSA) is 73.1 Å². The van der Waals surface area contributed by atoms with Gasteiger partial charge < -0.3 is 9.84 Å². The summed E-state index contributed by atoms with van der Waals surface area (Å²) in [6.07, 6.45) is 1.35. The summed E-state index contributed by atoms with van der Waals surface area (Å²) in [5, 5.41) is 14.3. The first-order valence-electron chi connectivity index (χ1n) is 6.30. The molecule has 21 heavy (non-hydrogen) atoms. The Morgan fingerprint density at radius 2 is 2.19 bits per heavy atom. The third-order valence-corrected chi connectivity index (χ3v) is 3.05. The van der Waals surface area contributed by atoms with Crippen LogP contribution >= 0.6 is 0 Å². The quantitative estimate of drug-likeness (QED) is 0.879. The third kappa shape index (κ3) is 3.52. The van der Waals surface area contributed by atoms with Crippen molar-refractivity contribution in [2.75, 3.05) is 6.67 Å². The molecule has 114 valence electrons. The number of aliphatic hydroxyl groups is 1. The zero-order valence-corrected chi connectivity index (χ0v) is 11.6. The van der Waals surface area contributed by atoms with Crippen LogP contribution in [-0.2, 0) is 0 Å². The van der Waals surface area contributed by atoms with Crippen LogP contribution in [-0.4, -0.2) is 37.6 Å². The number of alkyl halides is 1. The van der Waals surface area contributed by atoms with E-state index in [-0.39, 0.29) is 5.88 Å². The van der Waals surface area contributed by atoms with Crippen LogP contribution in [0.15, 0.2) is 31.0 Å². The van der Waals surface area contributed by atoms with E-state index in [1.54, 1.807) is 13.8 Å². The van der Waals surface area contributed by atoms with Gasteiger partial charge in [-0.3, -0.25) is 4.39 Å². The molecule has 2 atom stereocenters. The van der Waals surface area contributed by atoms with Crippen LogP contribution in [0.1, 0.15) is 20.1 Å². The molecule has 0 aliphatic rings. The number of hydrogen-bond acceptors (Lipinski definition) is 5. The first-order chi connectivity index (χ1) is 9.94. The Kier molecular flexibility index (Phi) is 4.46. The van der Waals surface area contributed by atoms with Crippen LogP contribution < -0.4 is 4.74 Å². The summed E-state index contributed by atoms with van der Waals surface area (Å²) < 4.78 is 32.7. The molecule has 2 rings (SSSR count). The van der Waals surface area contributed by atoms with Crippen molar-refractivity contribution < 1.29 is 18.6 Å². The number of hydrogen-bond donors (Lipinski definition) is 1. The highest BCUT2D eigenvalue weighted by Crippen LogP contribution is 2.30. The van der Waals surface area contributed by atoms with Crippen molar-refractivity contribution >= 4 is 0 Å². The molecule has 0 saturated carbocycles. The van der Waals surface area contributed by atoms with E-state index in [1.165, 1.54) is 29.5 Å². The van der Waals surface area contributed by atoms with Gasteiger partial charge in [0, 0.05) is 11.5 Å². The maximum Gasteiger partial charge on any atom is 0.221 e. The summed E-state index contributed by atoms with van der Waals surface area (Å²) in [6, 6.07) is 2.49. The number of aliphatic hydroxyl groups excluding tert-OH is 1. The van der Waals surface area contributed by atoms with Gasteiger partial charge in [-0.15, -0.1) is 0 Å². The van der Waals surface area contributed by atoms with Crippen molar-refractivity contribution in [2.24, 2.45) is 5.41 Å². The lowest BCUT2D eigenvalue weighted by atomic mass is 9.87. The standard InChI is InChI=1S/C13H16F2N4O2/c1-13(2,6-14)11(20)12(19-8-16-7-18-19)21-10-4-3-9(15)5-17-10/h3-5,7-8,11-12,20H,6H2,1-2H3/t11-,12-/m0/s1. The first kappa shape index (κ1) is 15.3. The Morgan fingerprint density at radius 3 is 2.71 bits per heavy atom. The zero-order valence-electron chi connectivity index (χ0n) is 11.6. The van der Waals surface area contributed by atoms with Gasteiger partial charge in [0.05, 0.1) is 12.9 Å². The Balaban J connectivity index is 2.27. The van der Waals surface area contributed by atoms with Gasteiger partial charge >= 0.3 is 0 Å². The molecule has 0 saturated heterocycles. The third-order valence-electron chi connectivity index (χ3n) is 3.05. The van der Waals surface area contributed by atoms with Crippen LogP contribution in [0.5, 0.6) is 5.88 Å². The van der Waals surface area contributed by atoms with Gasteiger partial charge in [0.15, 0.2) is 0 Å². The summed E-state index contributed by atoms with van der Waals surface area (Å²) in [6.45, 7) is 2.37. The second-order valence-electron chi connectivity index (χ2n) is 5.27. The summed E-state index contributed by atoms with van der Waals surface area (Å²) in [4.78, 5) is 7.53. The molecule has 1 N–H and O–H groups in total. The van der Waals surface area contributed by atoms with E-state index in [2.05, 4.69) is 15.1 Å². The molecule has 2 aromatic heterocycles. The van der Waals surface area contributed by atoms with Crippen molar-refractivity contribution in [1.82, 2.24) is 19.7 Å². The summed E-state index contributed by atoms with van der Waals surface area (Å²) in [7, 11) is 0. The van der Waals surface area contributed by atoms with Gasteiger partial charge in [0.25, 0.3) is 0 Å². The molecule has 0 amide bonds. The summed E-state index contributed by atoms with van der Waals surface area (Å²) >= 11 is 0. The Labute approximate surface area is 120 Å². The van der Waals surface area contributed by atoms with Crippen molar-refractivity contribution in [3.8, 4) is 5.88 Å². The van der Waals surface area contributed by atoms with Gasteiger partial charge in [-0.25, -0.2) is 19.0 Å². The average Bonchev–Trinajstić information content (AvgIpc) is 3.00. The second kappa shape index (κ2) is 6.13. The van der Waals surface area contributed by atoms with E-state index in [4.69, 9.17) is 4.74 Å². The number of aromatic nitrogens is 4. The normalized spacial score (nSPS) is 14.7. The highest BCUT2D eigenvalue weighted by atomic mass is 19.1. The van der Waals surface area contributed by atoms with E-state index in [0.29, 0.717) is 0 Å². The molecular formula is C13H16F2N4O2. The predicted octanol–water partition coefficient (Wildman–Crippen LogP) is 1.75. The maximum atomic E-state index is 13.1. The Hall–Kier alpha value is -2.09. The summed E-state index contributed by atoms with van der Waals surface area (Å²) in [5.74, 6) is -0.421. The fourth-order valence-electron chi connectivity index (χ4n) is 1.63. The Bertz CT molecular complexity index is 560. The monoisotopic (exact) mass is 298 g/mol. The second-order valence-corrected chi connectivity index (χ2v) is 5.27. The molecule has 0 fully saturated rings. The lowest BCUT2D eigenvalue weighted by Crippen LogP contribution is -2.41. The lowest BCUT2D eigenvalue weighted by molar-refractivity contribution is -0.0874. The molecule has 8 heteroatoms. The van der Waals surface area contributed by atoms with Crippen molar-refractivity contribution in [3.05, 3.63) is 36.8 Å². The van der Waals surface area contributed by atoms with Gasteiger partial charge in [0.2, 0.25) is 12.1 Å². The maximum absolute atomic E-state index is 13.1. The largest absolute Gasteiger partial charge is 0.449 e. The number of nitrogens with zero attached hydrogens (tertiary/aromatic N) is 4. The van der Waals surface area contributed by atoms with E-state index >= 15 is 0 Å². The molecule has 2 heterocycles. The minimum Gasteiger partial charge on any atom is -0.449 e. The zero-order chi connectivity index (χ0) is 15.5. The number of ether oxygens (including phenoxy) is 1. The fourth-order valence-corrected chi connectivity index (χ4v) is 1.63. The minimum atomic E-state index is -1.21. The number of halogens is 2. The SMILES string of the molecule is CC(C)(CF)[C@@H](O)[C@H](Oc1ccc(F)cn1)n1cncn1. The molecular weight excluding hydrogens is 282 g/mol. The van der Waals surface area contributed by atoms with Crippen LogP contribution in [0.2, 0.25) is 0 Å². The van der Waals surface area contributed by atoms with Crippen LogP contribution in [0.3, 0.4) is 0 Å². The van der Waals surface area contributed by atoms with Crippen LogP contribution in [0.25, 0.3) is 0 Å². The van der Waals surface area contributed by atoms with Crippen molar-refractivity contribution in [2.45, 2.75) is 26.2 Å². The average molecular weight is 298 g/mol. The molecule has 0 unspecified atom stereocenters. The van der Waals surface area contributed by atoms with Crippen LogP contribution in [0.4, 0.5) is 8.78 Å². The molecule has 0 aliphatic carbocycles. The summed E-state index contributed by atoms with van der Waals surface area (Å²) in [5.41, 5.74) is -1.06. The molecule has 0 bridgehead atoms. The lowest BCUT2D eigenvalue weighted by Gasteiger charge is -2.33. The van der Waals surface area contributed by atoms with Gasteiger partial charge in [-0.2, -0.15) is 5.10 Å². The molecule has 0 spiro atoms. The smallest absolute Gasteiger partial charge is 0.221 e. The van der Waals surface area contributed by atoms with Gasteiger partial charge in [0.1, 0.15) is 24.6 Å². The van der Waals surface area contributed by atoms with E-state index < -0.39 is 30.2 Å². The molecule has 0 aromatic carbocycles. The predicted molar refractivity (Wildman–Crippen MR) is 69.6 cm³/mol. The van der Waals surface area contributed by atoms with E-state index in [0.717, 1.165) is 6.20 Å². The number of pyridine rings is 1. The van der Waals surface area contributed by atoms with Crippen molar-refractivity contribution in [3.63, 3.8) is 0 Å². The van der Waals surface area contributed by atoms with Gasteiger partial charge in [-0.05, 0) is 6.07 Å². The molecule has 0 aliphatic heterocycles. The molecule has 6 nitrogen and oxygen atoms in total. The Morgan fingerprint density at radius 1 is 1.43 bits per heavy atom. The van der Waals surface area contributed by atoms with E-state index in [1.807, 2.05) is 0 Å². The molecule has 2 aromatic rings. The number of rotatable bonds is 6. The van der Waals surface area contributed by atoms with Crippen LogP contribution in [0, 0.1) is 11.2 Å². The fraction of sp³-hybridized carbons (Fsp3) is 0.462. The van der Waals surface area contributed by atoms with E-state index in [9.17, 15) is 13.9 Å². The van der Waals surface area contributed by atoms with Gasteiger partial charge in [-0.1, -0.05) is 13.8 Å². The first-order valence-corrected chi connectivity index (χ1v) is 6.30.